The van der Waals surface area contributed by atoms with Crippen LogP contribution in [0.2, 0.25) is 0 Å². The number of aryl methyl sites for hydroxylation is 1. The van der Waals surface area contributed by atoms with Gasteiger partial charge in [0.05, 0.1) is 18.2 Å². The van der Waals surface area contributed by atoms with Crippen molar-refractivity contribution >= 4 is 22.9 Å². The van der Waals surface area contributed by atoms with Gasteiger partial charge in [-0.05, 0) is 57.6 Å². The Morgan fingerprint density at radius 2 is 1.77 bits per heavy atom. The van der Waals surface area contributed by atoms with Gasteiger partial charge in [-0.15, -0.1) is 0 Å². The molecule has 4 rings (SSSR count). The van der Waals surface area contributed by atoms with Gasteiger partial charge in [-0.1, -0.05) is 47.1 Å². The molecule has 1 N–H and O–H groups in total. The lowest BCUT2D eigenvalue weighted by atomic mass is 9.94. The zero-order valence-electron chi connectivity index (χ0n) is 18.2. The normalized spacial score (nSPS) is 16.5. The van der Waals surface area contributed by atoms with E-state index in [1.54, 1.807) is 0 Å². The van der Waals surface area contributed by atoms with Crippen LogP contribution < -0.4 is 10.1 Å². The summed E-state index contributed by atoms with van der Waals surface area (Å²) in [7, 11) is 0. The second kappa shape index (κ2) is 8.89. The van der Waals surface area contributed by atoms with E-state index in [9.17, 15) is 0 Å². The average Bonchev–Trinajstić information content (AvgIpc) is 3.24. The van der Waals surface area contributed by atoms with Crippen LogP contribution >= 0.6 is 12.2 Å². The van der Waals surface area contributed by atoms with Crippen LogP contribution in [0.4, 0.5) is 0 Å². The summed E-state index contributed by atoms with van der Waals surface area (Å²) in [5.74, 6) is 1.89. The molecule has 1 atom stereocenters. The first kappa shape index (κ1) is 21.1. The van der Waals surface area contributed by atoms with Crippen LogP contribution in [0.5, 0.6) is 5.75 Å². The van der Waals surface area contributed by atoms with Crippen LogP contribution in [0.15, 0.2) is 58.8 Å². The van der Waals surface area contributed by atoms with Crippen molar-refractivity contribution in [3.63, 3.8) is 0 Å². The van der Waals surface area contributed by atoms with Crippen LogP contribution in [0.1, 0.15) is 43.8 Å². The minimum atomic E-state index is -0.197. The highest BCUT2D eigenvalue weighted by molar-refractivity contribution is 7.80. The summed E-state index contributed by atoms with van der Waals surface area (Å²) in [6, 6.07) is 15.9. The molecule has 3 aromatic rings. The predicted molar refractivity (Wildman–Crippen MR) is 126 cm³/mol. The summed E-state index contributed by atoms with van der Waals surface area (Å²) in [6.07, 6.45) is 0. The van der Waals surface area contributed by atoms with Crippen molar-refractivity contribution in [3.05, 3.63) is 71.2 Å². The minimum Gasteiger partial charge on any atom is -0.494 e. The maximum atomic E-state index is 5.75. The highest BCUT2D eigenvalue weighted by atomic mass is 32.1. The second-order valence-corrected chi connectivity index (χ2v) is 7.80. The molecule has 1 aliphatic rings. The smallest absolute Gasteiger partial charge is 0.258 e. The molecule has 160 valence electrons. The molecular weight excluding hydrogens is 408 g/mol. The number of benzene rings is 2. The maximum absolute atomic E-state index is 5.75. The highest BCUT2D eigenvalue weighted by Gasteiger charge is 2.33. The number of hydrogen-bond donors (Lipinski definition) is 1. The molecule has 0 aliphatic carbocycles. The van der Waals surface area contributed by atoms with Gasteiger partial charge in [0, 0.05) is 17.8 Å². The first-order valence-electron chi connectivity index (χ1n) is 10.4. The van der Waals surface area contributed by atoms with Crippen molar-refractivity contribution in [1.29, 1.82) is 0 Å². The van der Waals surface area contributed by atoms with Crippen molar-refractivity contribution < 1.29 is 9.26 Å². The molecule has 0 bridgehead atoms. The van der Waals surface area contributed by atoms with Gasteiger partial charge >= 0.3 is 0 Å². The van der Waals surface area contributed by atoms with Gasteiger partial charge in [-0.3, -0.25) is 0 Å². The van der Waals surface area contributed by atoms with Crippen LogP contribution in [-0.4, -0.2) is 33.3 Å². The van der Waals surface area contributed by atoms with Gasteiger partial charge in [-0.25, -0.2) is 0 Å². The Kier molecular flexibility index (Phi) is 6.04. The van der Waals surface area contributed by atoms with Crippen LogP contribution in [0, 0.1) is 6.92 Å². The molecule has 1 aliphatic heterocycles. The van der Waals surface area contributed by atoms with E-state index < -0.39 is 0 Å². The summed E-state index contributed by atoms with van der Waals surface area (Å²) in [5.41, 5.74) is 5.08. The Hall–Kier alpha value is -3.19. The fourth-order valence-corrected chi connectivity index (χ4v) is 4.15. The third-order valence-electron chi connectivity index (χ3n) is 5.40. The van der Waals surface area contributed by atoms with E-state index in [1.165, 1.54) is 5.56 Å². The number of rotatable bonds is 6. The molecule has 0 amide bonds. The van der Waals surface area contributed by atoms with Crippen molar-refractivity contribution in [1.82, 2.24) is 20.4 Å². The van der Waals surface area contributed by atoms with E-state index in [2.05, 4.69) is 24.3 Å². The molecule has 31 heavy (non-hydrogen) atoms. The standard InChI is InChI=1S/C24H26N4O2S/c1-5-28-16(4)20(23-26-22(27-30-23)18-9-7-15(3)8-10-18)21(25-24(28)31)17-11-13-19(14-12-17)29-6-2/h7-14,21H,5-6H2,1-4H3,(H,25,31). The zero-order valence-corrected chi connectivity index (χ0v) is 19.0. The third kappa shape index (κ3) is 4.18. The first-order chi connectivity index (χ1) is 15.0. The van der Waals surface area contributed by atoms with Crippen LogP contribution in [-0.2, 0) is 0 Å². The fraction of sp³-hybridized carbons (Fsp3) is 0.292. The van der Waals surface area contributed by atoms with Gasteiger partial charge < -0.3 is 19.5 Å². The molecule has 1 aromatic heterocycles. The Labute approximate surface area is 187 Å². The van der Waals surface area contributed by atoms with E-state index in [0.29, 0.717) is 23.4 Å². The molecule has 0 saturated carbocycles. The molecule has 2 heterocycles. The number of hydrogen-bond acceptors (Lipinski definition) is 5. The number of allylic oxidation sites excluding steroid dienone is 1. The van der Waals surface area contributed by atoms with Crippen LogP contribution in [0.25, 0.3) is 17.0 Å². The number of aromatic nitrogens is 2. The SMILES string of the molecule is CCOc1ccc(C2NC(=S)N(CC)C(C)=C2c2nc(-c3ccc(C)cc3)no2)cc1. The molecule has 0 fully saturated rings. The van der Waals surface area contributed by atoms with Gasteiger partial charge in [0.15, 0.2) is 5.11 Å². The van der Waals surface area contributed by atoms with Gasteiger partial charge in [-0.2, -0.15) is 4.98 Å². The molecule has 7 heteroatoms. The Bertz CT molecular complexity index is 1100. The zero-order chi connectivity index (χ0) is 22.0. The van der Waals surface area contributed by atoms with E-state index in [0.717, 1.165) is 34.7 Å². The van der Waals surface area contributed by atoms with Crippen LogP contribution in [0.3, 0.4) is 0 Å². The van der Waals surface area contributed by atoms with Gasteiger partial charge in [0.1, 0.15) is 5.75 Å². The third-order valence-corrected chi connectivity index (χ3v) is 5.74. The minimum absolute atomic E-state index is 0.197. The highest BCUT2D eigenvalue weighted by Crippen LogP contribution is 2.37. The number of thiocarbonyl (C=S) groups is 1. The van der Waals surface area contributed by atoms with Crippen molar-refractivity contribution in [2.45, 2.75) is 33.7 Å². The molecule has 2 aromatic carbocycles. The first-order valence-corrected chi connectivity index (χ1v) is 10.8. The topological polar surface area (TPSA) is 63.4 Å². The van der Waals surface area contributed by atoms with Gasteiger partial charge in [0.2, 0.25) is 5.82 Å². The molecule has 6 nitrogen and oxygen atoms in total. The Morgan fingerprint density at radius 1 is 1.06 bits per heavy atom. The van der Waals surface area contributed by atoms with Crippen molar-refractivity contribution in [2.75, 3.05) is 13.2 Å². The summed E-state index contributed by atoms with van der Waals surface area (Å²) in [4.78, 5) is 6.78. The van der Waals surface area contributed by atoms with E-state index >= 15 is 0 Å². The van der Waals surface area contributed by atoms with Crippen molar-refractivity contribution in [2.24, 2.45) is 0 Å². The lowest BCUT2D eigenvalue weighted by Crippen LogP contribution is -2.45. The summed E-state index contributed by atoms with van der Waals surface area (Å²) in [6.45, 7) is 9.51. The molecule has 0 radical (unpaired) electrons. The quantitative estimate of drug-likeness (QED) is 0.540. The lowest BCUT2D eigenvalue weighted by Gasteiger charge is -2.36. The summed E-state index contributed by atoms with van der Waals surface area (Å²) in [5, 5.41) is 8.38. The fourth-order valence-electron chi connectivity index (χ4n) is 3.77. The second-order valence-electron chi connectivity index (χ2n) is 7.42. The number of ether oxygens (including phenoxy) is 1. The molecule has 0 spiro atoms. The predicted octanol–water partition coefficient (Wildman–Crippen LogP) is 5.13. The summed E-state index contributed by atoms with van der Waals surface area (Å²) < 4.78 is 11.3. The largest absolute Gasteiger partial charge is 0.494 e. The van der Waals surface area contributed by atoms with E-state index in [-0.39, 0.29) is 6.04 Å². The monoisotopic (exact) mass is 434 g/mol. The number of nitrogens with zero attached hydrogens (tertiary/aromatic N) is 3. The van der Waals surface area contributed by atoms with E-state index in [1.807, 2.05) is 67.3 Å². The van der Waals surface area contributed by atoms with Gasteiger partial charge in [0.25, 0.3) is 5.89 Å². The Balaban J connectivity index is 1.76. The van der Waals surface area contributed by atoms with Crippen molar-refractivity contribution in [3.8, 4) is 17.1 Å². The summed E-state index contributed by atoms with van der Waals surface area (Å²) >= 11 is 5.63. The lowest BCUT2D eigenvalue weighted by molar-refractivity contribution is 0.340. The molecule has 1 unspecified atom stereocenters. The maximum Gasteiger partial charge on any atom is 0.258 e. The Morgan fingerprint density at radius 3 is 2.42 bits per heavy atom. The number of nitrogens with one attached hydrogen (secondary N) is 1. The molecule has 0 saturated heterocycles. The molecular formula is C24H26N4O2S. The van der Waals surface area contributed by atoms with E-state index in [4.69, 9.17) is 26.5 Å². The average molecular weight is 435 g/mol.